The number of benzene rings is 1. The van der Waals surface area contributed by atoms with E-state index in [0.717, 1.165) is 51.6 Å². The van der Waals surface area contributed by atoms with Crippen molar-refractivity contribution in [1.82, 2.24) is 4.90 Å². The lowest BCUT2D eigenvalue weighted by atomic mass is 9.73. The highest BCUT2D eigenvalue weighted by molar-refractivity contribution is 5.81. The monoisotopic (exact) mass is 331 g/mol. The molecule has 24 heavy (non-hydrogen) atoms. The average Bonchev–Trinajstić information content (AvgIpc) is 2.64. The molecule has 1 heterocycles. The molecule has 0 amide bonds. The third-order valence-electron chi connectivity index (χ3n) is 5.66. The molecule has 3 rings (SSSR count). The van der Waals surface area contributed by atoms with E-state index in [2.05, 4.69) is 11.9 Å². The fraction of sp³-hybridized carbons (Fsp3) is 0.650. The number of likely N-dealkylation sites (tertiary alicyclic amines) is 1. The molecule has 2 aliphatic rings. The Balaban J connectivity index is 1.80. The normalized spacial score (nSPS) is 23.6. The molecular weight excluding hydrogens is 302 g/mol. The van der Waals surface area contributed by atoms with Crippen molar-refractivity contribution in [1.29, 1.82) is 0 Å². The molecule has 1 unspecified atom stereocenters. The van der Waals surface area contributed by atoms with Crippen LogP contribution in [0.1, 0.15) is 50.5 Å². The molecule has 0 aromatic heterocycles. The molecule has 0 radical (unpaired) electrons. The first-order chi connectivity index (χ1) is 11.6. The molecule has 1 aliphatic heterocycles. The minimum atomic E-state index is -1.51. The molecular formula is C20H29NO3. The smallest absolute Gasteiger partial charge is 0.343 e. The van der Waals surface area contributed by atoms with Crippen molar-refractivity contribution in [2.75, 3.05) is 20.1 Å². The number of ether oxygens (including phenoxy) is 1. The fourth-order valence-electron chi connectivity index (χ4n) is 4.08. The molecule has 4 nitrogen and oxygen atoms in total. The Morgan fingerprint density at radius 2 is 1.71 bits per heavy atom. The van der Waals surface area contributed by atoms with Crippen LogP contribution in [0.3, 0.4) is 0 Å². The van der Waals surface area contributed by atoms with Gasteiger partial charge in [0.15, 0.2) is 5.60 Å². The zero-order valence-corrected chi connectivity index (χ0v) is 14.6. The van der Waals surface area contributed by atoms with Crippen molar-refractivity contribution in [3.63, 3.8) is 0 Å². The summed E-state index contributed by atoms with van der Waals surface area (Å²) in [5, 5.41) is 11.5. The van der Waals surface area contributed by atoms with E-state index in [1.165, 1.54) is 6.42 Å². The molecule has 1 aliphatic carbocycles. The van der Waals surface area contributed by atoms with Crippen molar-refractivity contribution in [3.8, 4) is 0 Å². The third kappa shape index (κ3) is 3.65. The van der Waals surface area contributed by atoms with Gasteiger partial charge in [0, 0.05) is 19.0 Å². The summed E-state index contributed by atoms with van der Waals surface area (Å²) in [4.78, 5) is 15.3. The van der Waals surface area contributed by atoms with Crippen LogP contribution >= 0.6 is 0 Å². The molecule has 2 fully saturated rings. The molecule has 4 heteroatoms. The van der Waals surface area contributed by atoms with Gasteiger partial charge in [0.1, 0.15) is 6.10 Å². The molecule has 0 bridgehead atoms. The van der Waals surface area contributed by atoms with Gasteiger partial charge in [0.2, 0.25) is 0 Å². The summed E-state index contributed by atoms with van der Waals surface area (Å²) in [6.45, 7) is 1.87. The quantitative estimate of drug-likeness (QED) is 0.862. The van der Waals surface area contributed by atoms with Gasteiger partial charge >= 0.3 is 5.97 Å². The van der Waals surface area contributed by atoms with E-state index in [0.29, 0.717) is 5.56 Å². The predicted molar refractivity (Wildman–Crippen MR) is 93.5 cm³/mol. The zero-order valence-electron chi connectivity index (χ0n) is 14.6. The summed E-state index contributed by atoms with van der Waals surface area (Å²) in [6.07, 6.45) is 6.71. The molecule has 1 aromatic rings. The van der Waals surface area contributed by atoms with Crippen LogP contribution in [-0.4, -0.2) is 42.2 Å². The van der Waals surface area contributed by atoms with E-state index in [9.17, 15) is 9.90 Å². The van der Waals surface area contributed by atoms with Crippen molar-refractivity contribution in [2.24, 2.45) is 5.92 Å². The van der Waals surface area contributed by atoms with E-state index in [4.69, 9.17) is 4.74 Å². The Kier molecular flexibility index (Phi) is 5.57. The minimum Gasteiger partial charge on any atom is -0.460 e. The lowest BCUT2D eigenvalue weighted by Gasteiger charge is -2.38. The lowest BCUT2D eigenvalue weighted by molar-refractivity contribution is -0.183. The molecule has 1 aromatic carbocycles. The first-order valence-electron chi connectivity index (χ1n) is 9.28. The number of hydrogen-bond donors (Lipinski definition) is 1. The van der Waals surface area contributed by atoms with Crippen molar-refractivity contribution in [2.45, 2.75) is 56.7 Å². The summed E-state index contributed by atoms with van der Waals surface area (Å²) < 4.78 is 5.80. The molecule has 1 N–H and O–H groups in total. The first-order valence-corrected chi connectivity index (χ1v) is 9.28. The van der Waals surface area contributed by atoms with Gasteiger partial charge in [-0.2, -0.15) is 0 Å². The van der Waals surface area contributed by atoms with Crippen molar-refractivity contribution < 1.29 is 14.6 Å². The Morgan fingerprint density at radius 1 is 1.08 bits per heavy atom. The summed E-state index contributed by atoms with van der Waals surface area (Å²) in [7, 11) is 2.08. The summed E-state index contributed by atoms with van der Waals surface area (Å²) in [6, 6.07) is 9.38. The second-order valence-corrected chi connectivity index (χ2v) is 7.38. The first kappa shape index (κ1) is 17.4. The van der Waals surface area contributed by atoms with Gasteiger partial charge in [-0.1, -0.05) is 49.6 Å². The highest BCUT2D eigenvalue weighted by atomic mass is 16.6. The van der Waals surface area contributed by atoms with Gasteiger partial charge in [-0.15, -0.1) is 0 Å². The number of hydrogen-bond acceptors (Lipinski definition) is 4. The number of piperidine rings is 1. The van der Waals surface area contributed by atoms with E-state index in [1.807, 2.05) is 30.3 Å². The Bertz CT molecular complexity index is 533. The third-order valence-corrected chi connectivity index (χ3v) is 5.66. The largest absolute Gasteiger partial charge is 0.460 e. The second kappa shape index (κ2) is 7.66. The number of rotatable bonds is 4. The van der Waals surface area contributed by atoms with Crippen LogP contribution in [-0.2, 0) is 15.1 Å². The van der Waals surface area contributed by atoms with E-state index < -0.39 is 11.6 Å². The van der Waals surface area contributed by atoms with Crippen LogP contribution in [0.4, 0.5) is 0 Å². The van der Waals surface area contributed by atoms with Gasteiger partial charge in [-0.05, 0) is 38.3 Å². The van der Waals surface area contributed by atoms with Crippen LogP contribution in [0.2, 0.25) is 0 Å². The highest BCUT2D eigenvalue weighted by Crippen LogP contribution is 2.40. The Morgan fingerprint density at radius 3 is 2.33 bits per heavy atom. The topological polar surface area (TPSA) is 49.8 Å². The van der Waals surface area contributed by atoms with Crippen LogP contribution in [0, 0.1) is 5.92 Å². The van der Waals surface area contributed by atoms with Crippen molar-refractivity contribution in [3.05, 3.63) is 35.9 Å². The van der Waals surface area contributed by atoms with Gasteiger partial charge in [0.25, 0.3) is 0 Å². The number of nitrogens with zero attached hydrogens (tertiary/aromatic N) is 1. The van der Waals surface area contributed by atoms with Crippen LogP contribution < -0.4 is 0 Å². The SMILES string of the molecule is CN1CCC(OC(=O)C(O)(c2ccccc2)C2CCCCC2)CC1. The maximum absolute atomic E-state index is 13.0. The van der Waals surface area contributed by atoms with Gasteiger partial charge in [-0.3, -0.25) is 0 Å². The number of carbonyl (C=O) groups excluding carboxylic acids is 1. The standard InChI is InChI=1S/C20H29NO3/c1-21-14-12-18(13-15-21)24-19(22)20(23,16-8-4-2-5-9-16)17-10-6-3-7-11-17/h2,4-5,8-9,17-18,23H,3,6-7,10-15H2,1H3. The summed E-state index contributed by atoms with van der Waals surface area (Å²) in [5.41, 5.74) is -0.833. The maximum atomic E-state index is 13.0. The van der Waals surface area contributed by atoms with Gasteiger partial charge in [-0.25, -0.2) is 4.79 Å². The Labute approximate surface area is 144 Å². The molecule has 1 atom stereocenters. The fourth-order valence-corrected chi connectivity index (χ4v) is 4.08. The number of aliphatic hydroxyl groups is 1. The minimum absolute atomic E-state index is 0.0487. The van der Waals surface area contributed by atoms with Gasteiger partial charge < -0.3 is 14.7 Å². The molecule has 1 saturated heterocycles. The molecule has 0 spiro atoms. The zero-order chi connectivity index (χ0) is 17.0. The van der Waals surface area contributed by atoms with Crippen LogP contribution in [0.5, 0.6) is 0 Å². The highest BCUT2D eigenvalue weighted by Gasteiger charge is 2.47. The van der Waals surface area contributed by atoms with Crippen LogP contribution in [0.25, 0.3) is 0 Å². The summed E-state index contributed by atoms with van der Waals surface area (Å²) in [5.74, 6) is -0.498. The maximum Gasteiger partial charge on any atom is 0.343 e. The molecule has 1 saturated carbocycles. The lowest BCUT2D eigenvalue weighted by Crippen LogP contribution is -2.47. The average molecular weight is 331 g/mol. The van der Waals surface area contributed by atoms with E-state index in [1.54, 1.807) is 0 Å². The molecule has 132 valence electrons. The van der Waals surface area contributed by atoms with E-state index in [-0.39, 0.29) is 12.0 Å². The van der Waals surface area contributed by atoms with Gasteiger partial charge in [0.05, 0.1) is 0 Å². The predicted octanol–water partition coefficient (Wildman–Crippen LogP) is 3.09. The number of carbonyl (C=O) groups is 1. The Hall–Kier alpha value is -1.39. The summed E-state index contributed by atoms with van der Waals surface area (Å²) >= 11 is 0. The second-order valence-electron chi connectivity index (χ2n) is 7.38. The number of esters is 1. The van der Waals surface area contributed by atoms with Crippen molar-refractivity contribution >= 4 is 5.97 Å². The van der Waals surface area contributed by atoms with Crippen LogP contribution in [0.15, 0.2) is 30.3 Å². The van der Waals surface area contributed by atoms with E-state index >= 15 is 0 Å².